The molecule has 0 atom stereocenters. The van der Waals surface area contributed by atoms with E-state index in [1.54, 1.807) is 48.8 Å². The maximum atomic E-state index is 12.3. The van der Waals surface area contributed by atoms with Gasteiger partial charge in [-0.1, -0.05) is 12.1 Å². The summed E-state index contributed by atoms with van der Waals surface area (Å²) in [7, 11) is 0. The lowest BCUT2D eigenvalue weighted by atomic mass is 10.2. The van der Waals surface area contributed by atoms with Crippen molar-refractivity contribution in [3.8, 4) is 11.5 Å². The first-order valence-corrected chi connectivity index (χ1v) is 7.35. The Kier molecular flexibility index (Phi) is 4.66. The standard InChI is InChI=1S/C18H13N3O4/c22-18(13-3-1-5-15(11-13)21(23)24)20-14-4-2-6-17(12-14)25-16-7-9-19-10-8-16/h1-12H,(H,20,22). The van der Waals surface area contributed by atoms with Crippen LogP contribution in [0.3, 0.4) is 0 Å². The molecular weight excluding hydrogens is 322 g/mol. The predicted octanol–water partition coefficient (Wildman–Crippen LogP) is 4.03. The van der Waals surface area contributed by atoms with Crippen LogP contribution in [0.5, 0.6) is 11.5 Å². The third-order valence-corrected chi connectivity index (χ3v) is 3.30. The Labute approximate surface area is 143 Å². The third-order valence-electron chi connectivity index (χ3n) is 3.30. The van der Waals surface area contributed by atoms with Crippen molar-refractivity contribution < 1.29 is 14.5 Å². The minimum absolute atomic E-state index is 0.137. The molecule has 7 nitrogen and oxygen atoms in total. The molecule has 0 unspecified atom stereocenters. The molecule has 0 saturated carbocycles. The fourth-order valence-corrected chi connectivity index (χ4v) is 2.14. The van der Waals surface area contributed by atoms with Crippen LogP contribution in [0, 0.1) is 10.1 Å². The first-order valence-electron chi connectivity index (χ1n) is 7.35. The zero-order valence-electron chi connectivity index (χ0n) is 13.0. The van der Waals surface area contributed by atoms with Gasteiger partial charge in [0, 0.05) is 41.8 Å². The molecule has 0 fully saturated rings. The average Bonchev–Trinajstić information content (AvgIpc) is 2.63. The molecule has 3 aromatic rings. The Morgan fingerprint density at radius 1 is 1.00 bits per heavy atom. The van der Waals surface area contributed by atoms with Crippen LogP contribution in [-0.2, 0) is 0 Å². The number of pyridine rings is 1. The highest BCUT2D eigenvalue weighted by atomic mass is 16.6. The number of carbonyl (C=O) groups is 1. The summed E-state index contributed by atoms with van der Waals surface area (Å²) in [5, 5.41) is 13.5. The fraction of sp³-hybridized carbons (Fsp3) is 0. The molecule has 25 heavy (non-hydrogen) atoms. The lowest BCUT2D eigenvalue weighted by Crippen LogP contribution is -2.12. The van der Waals surface area contributed by atoms with Crippen LogP contribution in [0.1, 0.15) is 10.4 Å². The number of carbonyl (C=O) groups excluding carboxylic acids is 1. The maximum Gasteiger partial charge on any atom is 0.270 e. The summed E-state index contributed by atoms with van der Waals surface area (Å²) in [5.41, 5.74) is 0.583. The number of hydrogen-bond donors (Lipinski definition) is 1. The Hall–Kier alpha value is -3.74. The summed E-state index contributed by atoms with van der Waals surface area (Å²) in [5.74, 6) is 0.727. The van der Waals surface area contributed by atoms with E-state index in [2.05, 4.69) is 10.3 Å². The lowest BCUT2D eigenvalue weighted by Gasteiger charge is -2.09. The largest absolute Gasteiger partial charge is 0.457 e. The van der Waals surface area contributed by atoms with Crippen LogP contribution < -0.4 is 10.1 Å². The van der Waals surface area contributed by atoms with Crippen LogP contribution in [0.2, 0.25) is 0 Å². The van der Waals surface area contributed by atoms with Crippen molar-refractivity contribution in [2.45, 2.75) is 0 Å². The van der Waals surface area contributed by atoms with Gasteiger partial charge in [0.25, 0.3) is 11.6 Å². The monoisotopic (exact) mass is 335 g/mol. The van der Waals surface area contributed by atoms with Crippen molar-refractivity contribution in [2.24, 2.45) is 0 Å². The molecule has 0 aliphatic rings. The van der Waals surface area contributed by atoms with Gasteiger partial charge in [-0.05, 0) is 30.3 Å². The second kappa shape index (κ2) is 7.22. The number of aromatic nitrogens is 1. The van der Waals surface area contributed by atoms with Gasteiger partial charge in [0.05, 0.1) is 4.92 Å². The number of anilines is 1. The van der Waals surface area contributed by atoms with E-state index in [0.29, 0.717) is 17.2 Å². The van der Waals surface area contributed by atoms with Crippen LogP contribution in [0.15, 0.2) is 73.1 Å². The number of hydrogen-bond acceptors (Lipinski definition) is 5. The van der Waals surface area contributed by atoms with Gasteiger partial charge in [-0.3, -0.25) is 19.9 Å². The fourth-order valence-electron chi connectivity index (χ4n) is 2.14. The van der Waals surface area contributed by atoms with Crippen LogP contribution in [0.25, 0.3) is 0 Å². The number of nitro groups is 1. The first-order chi connectivity index (χ1) is 12.1. The van der Waals surface area contributed by atoms with Crippen LogP contribution in [-0.4, -0.2) is 15.8 Å². The number of nitrogens with zero attached hydrogens (tertiary/aromatic N) is 2. The van der Waals surface area contributed by atoms with Crippen molar-refractivity contribution in [1.29, 1.82) is 0 Å². The van der Waals surface area contributed by atoms with Crippen molar-refractivity contribution in [2.75, 3.05) is 5.32 Å². The quantitative estimate of drug-likeness (QED) is 0.561. The van der Waals surface area contributed by atoms with Crippen molar-refractivity contribution in [1.82, 2.24) is 4.98 Å². The van der Waals surface area contributed by atoms with E-state index in [-0.39, 0.29) is 11.3 Å². The molecule has 1 N–H and O–H groups in total. The lowest BCUT2D eigenvalue weighted by molar-refractivity contribution is -0.384. The summed E-state index contributed by atoms with van der Waals surface area (Å²) in [6.45, 7) is 0. The van der Waals surface area contributed by atoms with E-state index in [1.807, 2.05) is 0 Å². The highest BCUT2D eigenvalue weighted by molar-refractivity contribution is 6.04. The van der Waals surface area contributed by atoms with E-state index >= 15 is 0 Å². The minimum atomic E-state index is -0.542. The van der Waals surface area contributed by atoms with E-state index in [0.717, 1.165) is 0 Å². The number of ether oxygens (including phenoxy) is 1. The van der Waals surface area contributed by atoms with Gasteiger partial charge >= 0.3 is 0 Å². The zero-order chi connectivity index (χ0) is 17.6. The molecule has 1 amide bonds. The van der Waals surface area contributed by atoms with Crippen LogP contribution >= 0.6 is 0 Å². The topological polar surface area (TPSA) is 94.4 Å². The highest BCUT2D eigenvalue weighted by Gasteiger charge is 2.12. The molecule has 1 heterocycles. The second-order valence-electron chi connectivity index (χ2n) is 5.07. The van der Waals surface area contributed by atoms with Gasteiger partial charge in [0.2, 0.25) is 0 Å². The number of benzene rings is 2. The Morgan fingerprint density at radius 2 is 1.76 bits per heavy atom. The Morgan fingerprint density at radius 3 is 2.52 bits per heavy atom. The summed E-state index contributed by atoms with van der Waals surface area (Å²) in [4.78, 5) is 26.5. The molecule has 0 bridgehead atoms. The summed E-state index contributed by atoms with van der Waals surface area (Å²) < 4.78 is 5.68. The number of non-ortho nitro benzene ring substituents is 1. The summed E-state index contributed by atoms with van der Waals surface area (Å²) >= 11 is 0. The molecule has 0 aliphatic carbocycles. The Balaban J connectivity index is 1.74. The SMILES string of the molecule is O=C(Nc1cccc(Oc2ccncc2)c1)c1cccc([N+](=O)[O-])c1. The molecule has 0 aliphatic heterocycles. The first kappa shape index (κ1) is 16.1. The number of nitro benzene ring substituents is 1. The van der Waals surface area contributed by atoms with Crippen LogP contribution in [0.4, 0.5) is 11.4 Å². The van der Waals surface area contributed by atoms with E-state index in [9.17, 15) is 14.9 Å². The molecule has 0 spiro atoms. The zero-order valence-corrected chi connectivity index (χ0v) is 13.0. The number of amides is 1. The molecule has 3 rings (SSSR count). The molecule has 2 aromatic carbocycles. The van der Waals surface area contributed by atoms with E-state index in [1.165, 1.54) is 24.3 Å². The number of nitrogens with one attached hydrogen (secondary N) is 1. The third kappa shape index (κ3) is 4.17. The maximum absolute atomic E-state index is 12.3. The van der Waals surface area contributed by atoms with Crippen molar-refractivity contribution in [3.05, 3.63) is 88.7 Å². The summed E-state index contributed by atoms with van der Waals surface area (Å²) in [6, 6.07) is 15.8. The Bertz CT molecular complexity index is 913. The van der Waals surface area contributed by atoms with Gasteiger partial charge in [-0.15, -0.1) is 0 Å². The minimum Gasteiger partial charge on any atom is -0.457 e. The van der Waals surface area contributed by atoms with E-state index < -0.39 is 10.8 Å². The molecular formula is C18H13N3O4. The summed E-state index contributed by atoms with van der Waals surface area (Å²) in [6.07, 6.45) is 3.23. The smallest absolute Gasteiger partial charge is 0.270 e. The molecule has 1 aromatic heterocycles. The average molecular weight is 335 g/mol. The molecule has 124 valence electrons. The normalized spacial score (nSPS) is 10.1. The van der Waals surface area contributed by atoms with Gasteiger partial charge in [-0.2, -0.15) is 0 Å². The van der Waals surface area contributed by atoms with Gasteiger partial charge in [0.15, 0.2) is 0 Å². The molecule has 0 saturated heterocycles. The molecule has 0 radical (unpaired) electrons. The van der Waals surface area contributed by atoms with Gasteiger partial charge < -0.3 is 10.1 Å². The predicted molar refractivity (Wildman–Crippen MR) is 91.8 cm³/mol. The van der Waals surface area contributed by atoms with Gasteiger partial charge in [-0.25, -0.2) is 0 Å². The highest BCUT2D eigenvalue weighted by Crippen LogP contribution is 2.24. The number of rotatable bonds is 5. The molecule has 7 heteroatoms. The van der Waals surface area contributed by atoms with Gasteiger partial charge in [0.1, 0.15) is 11.5 Å². The van der Waals surface area contributed by atoms with E-state index in [4.69, 9.17) is 4.74 Å². The van der Waals surface area contributed by atoms with Crippen molar-refractivity contribution in [3.63, 3.8) is 0 Å². The van der Waals surface area contributed by atoms with Crippen molar-refractivity contribution >= 4 is 17.3 Å². The second-order valence-corrected chi connectivity index (χ2v) is 5.07.